The minimum Gasteiger partial charge on any atom is -0.479 e. The number of carboxylic acid groups (broad SMARTS) is 1. The van der Waals surface area contributed by atoms with Crippen LogP contribution in [0.5, 0.6) is 0 Å². The van der Waals surface area contributed by atoms with Crippen LogP contribution in [-0.4, -0.2) is 72.1 Å². The Kier molecular flexibility index (Phi) is 5.22. The molecule has 7 N–H and O–H groups in total. The number of nitrogen functional groups attached to an aromatic ring is 1. The van der Waals surface area contributed by atoms with Gasteiger partial charge in [0.05, 0.1) is 6.42 Å². The molecule has 12 heteroatoms. The van der Waals surface area contributed by atoms with Gasteiger partial charge < -0.3 is 40.7 Å². The molecule has 5 atom stereocenters. The first-order chi connectivity index (χ1) is 14.4. The monoisotopic (exact) mass is 418 g/mol. The minimum absolute atomic E-state index is 0.164. The fourth-order valence-electron chi connectivity index (χ4n) is 3.24. The highest BCUT2D eigenvalue weighted by Crippen LogP contribution is 2.21. The minimum atomic E-state index is -1.83. The molecule has 2 aromatic heterocycles. The summed E-state index contributed by atoms with van der Waals surface area (Å²) in [6.45, 7) is 0. The summed E-state index contributed by atoms with van der Waals surface area (Å²) in [6.07, 6.45) is -7.17. The van der Waals surface area contributed by atoms with Crippen molar-refractivity contribution in [3.05, 3.63) is 48.0 Å². The van der Waals surface area contributed by atoms with Gasteiger partial charge in [-0.1, -0.05) is 40.3 Å². The third-order valence-electron chi connectivity index (χ3n) is 4.78. The maximum absolute atomic E-state index is 11.4. The summed E-state index contributed by atoms with van der Waals surface area (Å²) in [6, 6.07) is 9.28. The topological polar surface area (TPSA) is 188 Å². The molecule has 1 aliphatic rings. The number of hydrogen-bond donors (Lipinski definition) is 6. The van der Waals surface area contributed by atoms with Crippen molar-refractivity contribution >= 4 is 23.0 Å². The predicted molar refractivity (Wildman–Crippen MR) is 98.6 cm³/mol. The van der Waals surface area contributed by atoms with E-state index < -0.39 is 36.7 Å². The van der Waals surface area contributed by atoms with Crippen LogP contribution in [0, 0.1) is 0 Å². The number of imidazole rings is 1. The Hall–Kier alpha value is -3.32. The van der Waals surface area contributed by atoms with Gasteiger partial charge in [0.2, 0.25) is 5.82 Å². The molecule has 1 saturated heterocycles. The zero-order chi connectivity index (χ0) is 21.4. The van der Waals surface area contributed by atoms with Gasteiger partial charge in [0, 0.05) is 0 Å². The number of fused-ring (bicyclic) bond motifs is 1. The van der Waals surface area contributed by atoms with Crippen LogP contribution in [0.3, 0.4) is 0 Å². The lowest BCUT2D eigenvalue weighted by Crippen LogP contribution is -2.66. The van der Waals surface area contributed by atoms with Gasteiger partial charge in [-0.15, -0.1) is 0 Å². The molecule has 3 aromatic rings. The van der Waals surface area contributed by atoms with E-state index in [0.29, 0.717) is 11.3 Å². The zero-order valence-corrected chi connectivity index (χ0v) is 15.5. The number of aliphatic hydroxyl groups excluding tert-OH is 3. The number of aromatic nitrogens is 4. The van der Waals surface area contributed by atoms with E-state index in [1.165, 1.54) is 6.33 Å². The largest absolute Gasteiger partial charge is 0.479 e. The van der Waals surface area contributed by atoms with E-state index in [2.05, 4.69) is 15.0 Å². The molecule has 3 heterocycles. The molecule has 0 saturated carbocycles. The van der Waals surface area contributed by atoms with Gasteiger partial charge in [-0.3, -0.25) is 0 Å². The van der Waals surface area contributed by atoms with E-state index in [0.717, 1.165) is 10.3 Å². The highest BCUT2D eigenvalue weighted by atomic mass is 16.8. The third-order valence-corrected chi connectivity index (χ3v) is 4.78. The molecule has 30 heavy (non-hydrogen) atoms. The summed E-state index contributed by atoms with van der Waals surface area (Å²) in [5.41, 5.74) is 7.45. The SMILES string of the molecule is Nc1nc(Cc2ccccc2)[n+](O[C@@H]2O[C@H](C(=O)O)[C@@H](O)[C@H](O)[C@H]2O)c2nc[nH]c12. The first-order valence-corrected chi connectivity index (χ1v) is 9.04. The van der Waals surface area contributed by atoms with E-state index in [1.807, 2.05) is 30.3 Å². The number of ether oxygens (including phenoxy) is 1. The number of benzene rings is 1. The highest BCUT2D eigenvalue weighted by molar-refractivity contribution is 5.78. The number of aliphatic hydroxyl groups is 3. The predicted octanol–water partition coefficient (Wildman–Crippen LogP) is -2.26. The lowest BCUT2D eigenvalue weighted by molar-refractivity contribution is -0.897. The van der Waals surface area contributed by atoms with Gasteiger partial charge in [0.25, 0.3) is 12.1 Å². The number of H-pyrrole nitrogens is 1. The molecule has 1 fully saturated rings. The van der Waals surface area contributed by atoms with Gasteiger partial charge in [0.15, 0.2) is 17.9 Å². The first kappa shape index (κ1) is 20.0. The molecule has 1 aromatic carbocycles. The molecule has 0 amide bonds. The van der Waals surface area contributed by atoms with E-state index >= 15 is 0 Å². The van der Waals surface area contributed by atoms with Crippen molar-refractivity contribution in [2.24, 2.45) is 0 Å². The van der Waals surface area contributed by atoms with Gasteiger partial charge in [0.1, 0.15) is 18.3 Å². The molecular weight excluding hydrogens is 398 g/mol. The second-order valence-corrected chi connectivity index (χ2v) is 6.81. The normalized spacial score (nSPS) is 26.6. The Labute approximate surface area is 169 Å². The molecule has 0 radical (unpaired) electrons. The molecule has 0 unspecified atom stereocenters. The van der Waals surface area contributed by atoms with Gasteiger partial charge in [-0.2, -0.15) is 0 Å². The zero-order valence-electron chi connectivity index (χ0n) is 15.5. The second kappa shape index (κ2) is 7.84. The molecule has 1 aliphatic heterocycles. The molecule has 0 spiro atoms. The van der Waals surface area contributed by atoms with Crippen molar-refractivity contribution in [3.8, 4) is 0 Å². The number of carbonyl (C=O) groups is 1. The molecular formula is C18H20N5O7+. The van der Waals surface area contributed by atoms with E-state index in [4.69, 9.17) is 15.3 Å². The number of nitrogens with two attached hydrogens (primary N) is 1. The molecule has 0 aliphatic carbocycles. The van der Waals surface area contributed by atoms with E-state index in [1.54, 1.807) is 0 Å². The smallest absolute Gasteiger partial charge is 0.335 e. The first-order valence-electron chi connectivity index (χ1n) is 9.04. The van der Waals surface area contributed by atoms with Crippen molar-refractivity contribution < 1.29 is 39.5 Å². The van der Waals surface area contributed by atoms with E-state index in [-0.39, 0.29) is 17.9 Å². The van der Waals surface area contributed by atoms with Gasteiger partial charge in [-0.25, -0.2) is 4.79 Å². The van der Waals surface area contributed by atoms with Crippen LogP contribution >= 0.6 is 0 Å². The number of aromatic amines is 1. The Morgan fingerprint density at radius 2 is 1.93 bits per heavy atom. The summed E-state index contributed by atoms with van der Waals surface area (Å²) in [5, 5.41) is 39.4. The fourth-order valence-corrected chi connectivity index (χ4v) is 3.24. The summed E-state index contributed by atoms with van der Waals surface area (Å²) in [5.74, 6) is -1.06. The lowest BCUT2D eigenvalue weighted by atomic mass is 9.99. The summed E-state index contributed by atoms with van der Waals surface area (Å²) >= 11 is 0. The molecule has 0 bridgehead atoms. The summed E-state index contributed by atoms with van der Waals surface area (Å²) < 4.78 is 6.37. The molecule has 4 rings (SSSR count). The third kappa shape index (κ3) is 3.52. The molecule has 158 valence electrons. The van der Waals surface area contributed by atoms with Crippen LogP contribution in [-0.2, 0) is 16.0 Å². The maximum Gasteiger partial charge on any atom is 0.335 e. The standard InChI is InChI=1S/C18H19N5O7/c19-15-10-16(21-7-20-10)23(9(22-15)6-8-4-2-1-3-5-8)30-18-13(26)11(24)12(25)14(29-18)17(27)28/h1-5,7,11-14,18,24-26H,6H2,(H3,19,20,21,27,28)/p+1/t11-,12-,13+,14-,18-/m0/s1. The second-order valence-electron chi connectivity index (χ2n) is 6.81. The fraction of sp³-hybridized carbons (Fsp3) is 0.333. The number of rotatable bonds is 5. The number of aliphatic carboxylic acids is 1. The lowest BCUT2D eigenvalue weighted by Gasteiger charge is -2.37. The quantitative estimate of drug-likeness (QED) is 0.247. The van der Waals surface area contributed by atoms with Crippen LogP contribution in [0.2, 0.25) is 0 Å². The Bertz CT molecular complexity index is 1060. The van der Waals surface area contributed by atoms with Crippen LogP contribution in [0.15, 0.2) is 36.7 Å². The Balaban J connectivity index is 1.74. The average Bonchev–Trinajstić information content (AvgIpc) is 3.22. The van der Waals surface area contributed by atoms with E-state index in [9.17, 15) is 25.2 Å². The van der Waals surface area contributed by atoms with Crippen LogP contribution < -0.4 is 15.3 Å². The van der Waals surface area contributed by atoms with Crippen LogP contribution in [0.1, 0.15) is 11.4 Å². The number of nitrogens with zero attached hydrogens (tertiary/aromatic N) is 3. The number of carboxylic acids is 1. The average molecular weight is 418 g/mol. The van der Waals surface area contributed by atoms with Crippen molar-refractivity contribution in [1.82, 2.24) is 15.0 Å². The number of nitrogens with one attached hydrogen (secondary N) is 1. The number of anilines is 1. The Morgan fingerprint density at radius 3 is 2.63 bits per heavy atom. The van der Waals surface area contributed by atoms with Gasteiger partial charge >= 0.3 is 11.6 Å². The highest BCUT2D eigenvalue weighted by Gasteiger charge is 2.49. The summed E-state index contributed by atoms with van der Waals surface area (Å²) in [4.78, 5) is 28.4. The van der Waals surface area contributed by atoms with Crippen molar-refractivity contribution in [3.63, 3.8) is 0 Å². The van der Waals surface area contributed by atoms with Gasteiger partial charge in [-0.05, 0) is 10.3 Å². The van der Waals surface area contributed by atoms with Crippen LogP contribution in [0.4, 0.5) is 5.82 Å². The van der Waals surface area contributed by atoms with Crippen LogP contribution in [0.25, 0.3) is 11.2 Å². The molecule has 12 nitrogen and oxygen atoms in total. The Morgan fingerprint density at radius 1 is 1.20 bits per heavy atom. The summed E-state index contributed by atoms with van der Waals surface area (Å²) in [7, 11) is 0. The van der Waals surface area contributed by atoms with Crippen molar-refractivity contribution in [2.45, 2.75) is 37.1 Å². The van der Waals surface area contributed by atoms with Crippen molar-refractivity contribution in [2.75, 3.05) is 5.73 Å². The maximum atomic E-state index is 11.4. The van der Waals surface area contributed by atoms with Crippen molar-refractivity contribution in [1.29, 1.82) is 0 Å². The number of hydrogen-bond acceptors (Lipinski definition) is 9.